The summed E-state index contributed by atoms with van der Waals surface area (Å²) in [4.78, 5) is 0. The summed E-state index contributed by atoms with van der Waals surface area (Å²) in [6, 6.07) is 10.1. The summed E-state index contributed by atoms with van der Waals surface area (Å²) in [5.41, 5.74) is 2.09. The summed E-state index contributed by atoms with van der Waals surface area (Å²) in [7, 11) is -1.35. The smallest absolute Gasteiger partial charge is 0.426 e. The molecule has 0 aliphatic heterocycles. The van der Waals surface area contributed by atoms with E-state index in [4.69, 9.17) is 0 Å². The predicted molar refractivity (Wildman–Crippen MR) is 80.5 cm³/mol. The Morgan fingerprint density at radius 1 is 1.11 bits per heavy atom. The molecule has 2 nitrogen and oxygen atoms in total. The summed E-state index contributed by atoms with van der Waals surface area (Å²) in [6.07, 6.45) is 6.69. The topological polar surface area (TPSA) is 40.5 Å². The van der Waals surface area contributed by atoms with Gasteiger partial charge in [-0.3, -0.25) is 0 Å². The molecule has 0 heterocycles. The number of allylic oxidation sites excluding steroid dienone is 4. The lowest BCUT2D eigenvalue weighted by Crippen LogP contribution is -2.42. The van der Waals surface area contributed by atoms with E-state index < -0.39 is 12.4 Å². The molecule has 0 fully saturated rings. The zero-order chi connectivity index (χ0) is 14.1. The second-order valence-corrected chi connectivity index (χ2v) is 6.23. The Labute approximate surface area is 115 Å². The van der Waals surface area contributed by atoms with Crippen molar-refractivity contribution in [3.05, 3.63) is 54.1 Å². The first-order valence-electron chi connectivity index (χ1n) is 6.68. The van der Waals surface area contributed by atoms with Crippen LogP contribution in [0.15, 0.2) is 48.6 Å². The normalized spacial score (nSPS) is 23.1. The lowest BCUT2D eigenvalue weighted by atomic mass is 9.44. The molecule has 1 unspecified atom stereocenters. The van der Waals surface area contributed by atoms with Crippen LogP contribution in [-0.4, -0.2) is 17.2 Å². The quantitative estimate of drug-likeness (QED) is 0.797. The third-order valence-electron chi connectivity index (χ3n) is 4.18. The van der Waals surface area contributed by atoms with Crippen molar-refractivity contribution in [2.24, 2.45) is 5.41 Å². The maximum Gasteiger partial charge on any atom is 0.463 e. The second-order valence-electron chi connectivity index (χ2n) is 6.23. The van der Waals surface area contributed by atoms with Crippen molar-refractivity contribution >= 4 is 12.7 Å². The Morgan fingerprint density at radius 3 is 2.16 bits per heavy atom. The van der Waals surface area contributed by atoms with Crippen molar-refractivity contribution in [1.29, 1.82) is 0 Å². The first-order valence-corrected chi connectivity index (χ1v) is 6.68. The number of hydrogen-bond donors (Lipinski definition) is 2. The van der Waals surface area contributed by atoms with Crippen LogP contribution in [0, 0.1) is 5.41 Å². The minimum atomic E-state index is -1.35. The van der Waals surface area contributed by atoms with Crippen LogP contribution in [0.3, 0.4) is 0 Å². The van der Waals surface area contributed by atoms with Gasteiger partial charge in [0.25, 0.3) is 0 Å². The summed E-state index contributed by atoms with van der Waals surface area (Å²) >= 11 is 0. The van der Waals surface area contributed by atoms with E-state index in [0.29, 0.717) is 6.42 Å². The van der Waals surface area contributed by atoms with E-state index in [1.165, 1.54) is 0 Å². The van der Waals surface area contributed by atoms with Gasteiger partial charge in [0.2, 0.25) is 0 Å². The van der Waals surface area contributed by atoms with Gasteiger partial charge in [0.05, 0.1) is 0 Å². The summed E-state index contributed by atoms with van der Waals surface area (Å²) in [6.45, 7) is 6.12. The highest BCUT2D eigenvalue weighted by molar-refractivity contribution is 6.47. The van der Waals surface area contributed by atoms with Crippen LogP contribution >= 0.6 is 0 Å². The van der Waals surface area contributed by atoms with Crippen LogP contribution < -0.4 is 0 Å². The Bertz CT molecular complexity index is 497. The molecular weight excluding hydrogens is 235 g/mol. The first-order chi connectivity index (χ1) is 8.87. The molecule has 1 atom stereocenters. The lowest BCUT2D eigenvalue weighted by Gasteiger charge is -2.43. The van der Waals surface area contributed by atoms with Gasteiger partial charge in [0.15, 0.2) is 0 Å². The molecule has 0 amide bonds. The molecule has 0 spiro atoms. The van der Waals surface area contributed by atoms with E-state index >= 15 is 0 Å². The highest BCUT2D eigenvalue weighted by Crippen LogP contribution is 2.53. The maximum atomic E-state index is 9.80. The molecule has 1 aliphatic rings. The van der Waals surface area contributed by atoms with Gasteiger partial charge in [-0.15, -0.1) is 0 Å². The zero-order valence-electron chi connectivity index (χ0n) is 11.8. The Morgan fingerprint density at radius 2 is 1.74 bits per heavy atom. The molecule has 3 heteroatoms. The van der Waals surface area contributed by atoms with Crippen molar-refractivity contribution in [1.82, 2.24) is 0 Å². The standard InChI is InChI=1S/C16H21BO2/c1-15(2,3)16(17(18)19)11-9-14(10-12-16)13-7-5-4-6-8-13/h4-11,18-19H,12H2,1-3H3. The lowest BCUT2D eigenvalue weighted by molar-refractivity contribution is 0.238. The molecular formula is C16H21BO2. The minimum Gasteiger partial charge on any atom is -0.426 e. The molecule has 0 radical (unpaired) electrons. The van der Waals surface area contributed by atoms with Gasteiger partial charge in [-0.25, -0.2) is 0 Å². The highest BCUT2D eigenvalue weighted by atomic mass is 16.4. The molecule has 2 N–H and O–H groups in total. The van der Waals surface area contributed by atoms with Gasteiger partial charge in [0.1, 0.15) is 0 Å². The number of rotatable bonds is 2. The van der Waals surface area contributed by atoms with Crippen molar-refractivity contribution in [3.8, 4) is 0 Å². The van der Waals surface area contributed by atoms with Gasteiger partial charge in [-0.1, -0.05) is 69.3 Å². The third-order valence-corrected chi connectivity index (χ3v) is 4.18. The SMILES string of the molecule is CC(C)(C)C1(B(O)O)C=CC(c2ccccc2)=CC1. The van der Waals surface area contributed by atoms with Crippen LogP contribution in [0.4, 0.5) is 0 Å². The van der Waals surface area contributed by atoms with Gasteiger partial charge in [-0.05, 0) is 23.0 Å². The van der Waals surface area contributed by atoms with E-state index in [9.17, 15) is 10.0 Å². The minimum absolute atomic E-state index is 0.212. The summed E-state index contributed by atoms with van der Waals surface area (Å²) in [5.74, 6) is 0. The van der Waals surface area contributed by atoms with Crippen LogP contribution in [0.1, 0.15) is 32.8 Å². The fourth-order valence-electron chi connectivity index (χ4n) is 2.63. The Hall–Kier alpha value is -1.32. The Balaban J connectivity index is 2.31. The number of benzene rings is 1. The first kappa shape index (κ1) is 14.1. The molecule has 0 bridgehead atoms. The average molecular weight is 256 g/mol. The predicted octanol–water partition coefficient (Wildman–Crippen LogP) is 3.29. The molecule has 2 rings (SSSR count). The third kappa shape index (κ3) is 2.53. The molecule has 0 saturated heterocycles. The highest BCUT2D eigenvalue weighted by Gasteiger charge is 2.49. The molecule has 0 saturated carbocycles. The Kier molecular flexibility index (Phi) is 3.70. The van der Waals surface area contributed by atoms with E-state index in [-0.39, 0.29) is 5.41 Å². The molecule has 0 aromatic heterocycles. The molecule has 1 aliphatic carbocycles. The molecule has 1 aromatic rings. The fraction of sp³-hybridized carbons (Fsp3) is 0.375. The van der Waals surface area contributed by atoms with E-state index in [2.05, 4.69) is 18.2 Å². The summed E-state index contributed by atoms with van der Waals surface area (Å²) in [5, 5.41) is 19.0. The van der Waals surface area contributed by atoms with Crippen molar-refractivity contribution in [2.45, 2.75) is 32.5 Å². The second kappa shape index (κ2) is 4.99. The molecule has 19 heavy (non-hydrogen) atoms. The number of hydrogen-bond acceptors (Lipinski definition) is 2. The van der Waals surface area contributed by atoms with Crippen molar-refractivity contribution in [2.75, 3.05) is 0 Å². The van der Waals surface area contributed by atoms with E-state index in [0.717, 1.165) is 11.1 Å². The average Bonchev–Trinajstić information content (AvgIpc) is 2.38. The van der Waals surface area contributed by atoms with Crippen LogP contribution in [0.2, 0.25) is 5.31 Å². The van der Waals surface area contributed by atoms with E-state index in [1.54, 1.807) is 0 Å². The summed E-state index contributed by atoms with van der Waals surface area (Å²) < 4.78 is 0. The van der Waals surface area contributed by atoms with Crippen LogP contribution in [0.5, 0.6) is 0 Å². The zero-order valence-corrected chi connectivity index (χ0v) is 11.8. The van der Waals surface area contributed by atoms with Crippen LogP contribution in [0.25, 0.3) is 5.57 Å². The van der Waals surface area contributed by atoms with E-state index in [1.807, 2.05) is 51.1 Å². The maximum absolute atomic E-state index is 9.80. The van der Waals surface area contributed by atoms with Crippen LogP contribution in [-0.2, 0) is 0 Å². The molecule has 1 aromatic carbocycles. The van der Waals surface area contributed by atoms with Gasteiger partial charge in [-0.2, -0.15) is 0 Å². The van der Waals surface area contributed by atoms with Crippen molar-refractivity contribution in [3.63, 3.8) is 0 Å². The molecule has 100 valence electrons. The largest absolute Gasteiger partial charge is 0.463 e. The van der Waals surface area contributed by atoms with Crippen molar-refractivity contribution < 1.29 is 10.0 Å². The van der Waals surface area contributed by atoms with Gasteiger partial charge < -0.3 is 10.0 Å². The fourth-order valence-corrected chi connectivity index (χ4v) is 2.63. The van der Waals surface area contributed by atoms with Gasteiger partial charge in [0, 0.05) is 5.31 Å². The van der Waals surface area contributed by atoms with Gasteiger partial charge >= 0.3 is 7.12 Å². The monoisotopic (exact) mass is 256 g/mol.